The average molecular weight is 391 g/mol. The second-order valence-electron chi connectivity index (χ2n) is 6.86. The SMILES string of the molecule is CN(C)CCOc1ccc(NC(=O)C=Cc2cnccc2-c2cnn(C)c2)cc1. The topological polar surface area (TPSA) is 72.3 Å². The molecule has 29 heavy (non-hydrogen) atoms. The second-order valence-corrected chi connectivity index (χ2v) is 6.86. The molecule has 0 aliphatic carbocycles. The highest BCUT2D eigenvalue weighted by atomic mass is 16.5. The van der Waals surface area contributed by atoms with Crippen molar-refractivity contribution in [2.24, 2.45) is 7.05 Å². The number of benzene rings is 1. The summed E-state index contributed by atoms with van der Waals surface area (Å²) in [7, 11) is 5.87. The molecule has 0 spiro atoms. The van der Waals surface area contributed by atoms with Gasteiger partial charge < -0.3 is 15.0 Å². The van der Waals surface area contributed by atoms with E-state index in [9.17, 15) is 4.79 Å². The minimum absolute atomic E-state index is 0.215. The first-order valence-electron chi connectivity index (χ1n) is 9.31. The molecule has 0 saturated heterocycles. The van der Waals surface area contributed by atoms with Gasteiger partial charge in [-0.1, -0.05) is 0 Å². The molecule has 1 N–H and O–H groups in total. The van der Waals surface area contributed by atoms with E-state index in [1.54, 1.807) is 29.3 Å². The fourth-order valence-corrected chi connectivity index (χ4v) is 2.69. The summed E-state index contributed by atoms with van der Waals surface area (Å²) < 4.78 is 7.40. The first kappa shape index (κ1) is 20.3. The van der Waals surface area contributed by atoms with E-state index >= 15 is 0 Å². The van der Waals surface area contributed by atoms with Gasteiger partial charge in [0.25, 0.3) is 0 Å². The molecule has 0 saturated carbocycles. The van der Waals surface area contributed by atoms with Crippen molar-refractivity contribution in [1.29, 1.82) is 0 Å². The van der Waals surface area contributed by atoms with Gasteiger partial charge in [-0.15, -0.1) is 0 Å². The fraction of sp³-hybridized carbons (Fsp3) is 0.227. The van der Waals surface area contributed by atoms with Gasteiger partial charge in [-0.3, -0.25) is 14.5 Å². The lowest BCUT2D eigenvalue weighted by Crippen LogP contribution is -2.19. The summed E-state index contributed by atoms with van der Waals surface area (Å²) >= 11 is 0. The maximum absolute atomic E-state index is 12.3. The minimum Gasteiger partial charge on any atom is -0.492 e. The number of rotatable bonds is 8. The van der Waals surface area contributed by atoms with E-state index in [2.05, 4.69) is 20.3 Å². The standard InChI is InChI=1S/C22H25N5O2/c1-26(2)12-13-29-20-7-5-19(6-8-20)25-22(28)9-4-17-14-23-11-10-21(17)18-15-24-27(3)16-18/h4-11,14-16H,12-13H2,1-3H3,(H,25,28). The highest BCUT2D eigenvalue weighted by Gasteiger charge is 2.06. The number of aryl methyl sites for hydroxylation is 1. The number of carbonyl (C=O) groups excluding carboxylic acids is 1. The second kappa shape index (κ2) is 9.66. The molecule has 1 aromatic carbocycles. The molecule has 0 aliphatic heterocycles. The molecule has 7 nitrogen and oxygen atoms in total. The van der Waals surface area contributed by atoms with E-state index in [0.29, 0.717) is 12.3 Å². The predicted octanol–water partition coefficient (Wildman–Crippen LogP) is 3.07. The van der Waals surface area contributed by atoms with E-state index in [1.807, 2.05) is 57.7 Å². The zero-order chi connectivity index (χ0) is 20.6. The molecule has 0 atom stereocenters. The summed E-state index contributed by atoms with van der Waals surface area (Å²) in [4.78, 5) is 18.5. The molecule has 2 heterocycles. The van der Waals surface area contributed by atoms with Gasteiger partial charge in [-0.25, -0.2) is 0 Å². The van der Waals surface area contributed by atoms with Crippen molar-refractivity contribution in [3.8, 4) is 16.9 Å². The Hall–Kier alpha value is -3.45. The molecule has 7 heteroatoms. The summed E-state index contributed by atoms with van der Waals surface area (Å²) in [6, 6.07) is 9.24. The zero-order valence-corrected chi connectivity index (χ0v) is 16.9. The number of amides is 1. The van der Waals surface area contributed by atoms with Crippen molar-refractivity contribution in [3.05, 3.63) is 66.8 Å². The molecule has 0 radical (unpaired) electrons. The monoisotopic (exact) mass is 391 g/mol. The van der Waals surface area contributed by atoms with E-state index in [4.69, 9.17) is 4.74 Å². The van der Waals surface area contributed by atoms with E-state index < -0.39 is 0 Å². The Bertz CT molecular complexity index is 977. The summed E-state index contributed by atoms with van der Waals surface area (Å²) in [5.74, 6) is 0.559. The number of aromatic nitrogens is 3. The van der Waals surface area contributed by atoms with Crippen LogP contribution in [0.25, 0.3) is 17.2 Å². The lowest BCUT2D eigenvalue weighted by Gasteiger charge is -2.11. The largest absolute Gasteiger partial charge is 0.492 e. The maximum atomic E-state index is 12.3. The third-order valence-electron chi connectivity index (χ3n) is 4.21. The van der Waals surface area contributed by atoms with Gasteiger partial charge in [0.05, 0.1) is 6.20 Å². The Morgan fingerprint density at radius 1 is 1.21 bits per heavy atom. The summed E-state index contributed by atoms with van der Waals surface area (Å²) in [6.07, 6.45) is 10.4. The van der Waals surface area contributed by atoms with Gasteiger partial charge >= 0.3 is 0 Å². The molecule has 1 amide bonds. The molecule has 0 bridgehead atoms. The average Bonchev–Trinajstić information content (AvgIpc) is 3.14. The Morgan fingerprint density at radius 2 is 2.00 bits per heavy atom. The maximum Gasteiger partial charge on any atom is 0.248 e. The zero-order valence-electron chi connectivity index (χ0n) is 16.9. The number of carbonyl (C=O) groups is 1. The molecule has 3 aromatic rings. The van der Waals surface area contributed by atoms with E-state index in [0.717, 1.165) is 29.0 Å². The third kappa shape index (κ3) is 6.02. The number of hydrogen-bond donors (Lipinski definition) is 1. The van der Waals surface area contributed by atoms with Gasteiger partial charge in [-0.05, 0) is 56.1 Å². The van der Waals surface area contributed by atoms with Crippen LogP contribution in [0.3, 0.4) is 0 Å². The van der Waals surface area contributed by atoms with Crippen molar-refractivity contribution in [2.75, 3.05) is 32.6 Å². The minimum atomic E-state index is -0.215. The van der Waals surface area contributed by atoms with Crippen LogP contribution in [-0.4, -0.2) is 52.8 Å². The van der Waals surface area contributed by atoms with Crippen LogP contribution in [0, 0.1) is 0 Å². The number of likely N-dealkylation sites (N-methyl/N-ethyl adjacent to an activating group) is 1. The van der Waals surface area contributed by atoms with Crippen molar-refractivity contribution in [3.63, 3.8) is 0 Å². The van der Waals surface area contributed by atoms with Crippen molar-refractivity contribution in [2.45, 2.75) is 0 Å². The summed E-state index contributed by atoms with van der Waals surface area (Å²) in [6.45, 7) is 1.46. The van der Waals surface area contributed by atoms with Crippen LogP contribution in [0.5, 0.6) is 5.75 Å². The Morgan fingerprint density at radius 3 is 2.69 bits per heavy atom. The smallest absolute Gasteiger partial charge is 0.248 e. The molecule has 3 rings (SSSR count). The predicted molar refractivity (Wildman–Crippen MR) is 115 cm³/mol. The quantitative estimate of drug-likeness (QED) is 0.598. The van der Waals surface area contributed by atoms with Gasteiger partial charge in [0.1, 0.15) is 12.4 Å². The summed E-state index contributed by atoms with van der Waals surface area (Å²) in [5.41, 5.74) is 3.50. The highest BCUT2D eigenvalue weighted by molar-refractivity contribution is 6.02. The lowest BCUT2D eigenvalue weighted by molar-refractivity contribution is -0.111. The van der Waals surface area contributed by atoms with Gasteiger partial charge in [0, 0.05) is 55.1 Å². The Kier molecular flexibility index (Phi) is 6.76. The van der Waals surface area contributed by atoms with E-state index in [1.165, 1.54) is 6.08 Å². The van der Waals surface area contributed by atoms with Crippen molar-refractivity contribution >= 4 is 17.7 Å². The van der Waals surface area contributed by atoms with Gasteiger partial charge in [0.2, 0.25) is 5.91 Å². The Labute approximate surface area is 170 Å². The number of anilines is 1. The lowest BCUT2D eigenvalue weighted by atomic mass is 10.0. The van der Waals surface area contributed by atoms with Crippen LogP contribution in [0.15, 0.2) is 61.2 Å². The van der Waals surface area contributed by atoms with Crippen LogP contribution in [0.2, 0.25) is 0 Å². The highest BCUT2D eigenvalue weighted by Crippen LogP contribution is 2.23. The molecule has 0 unspecified atom stereocenters. The van der Waals surface area contributed by atoms with Crippen molar-refractivity contribution in [1.82, 2.24) is 19.7 Å². The third-order valence-corrected chi connectivity index (χ3v) is 4.21. The number of nitrogens with one attached hydrogen (secondary N) is 1. The van der Waals surface area contributed by atoms with Crippen LogP contribution in [-0.2, 0) is 11.8 Å². The number of nitrogens with zero attached hydrogens (tertiary/aromatic N) is 4. The molecular weight excluding hydrogens is 366 g/mol. The first-order chi connectivity index (χ1) is 14.0. The van der Waals surface area contributed by atoms with Crippen molar-refractivity contribution < 1.29 is 9.53 Å². The van der Waals surface area contributed by atoms with Crippen LogP contribution in [0.1, 0.15) is 5.56 Å². The summed E-state index contributed by atoms with van der Waals surface area (Å²) in [5, 5.41) is 7.05. The molecular formula is C22H25N5O2. The molecule has 0 aliphatic rings. The Balaban J connectivity index is 1.60. The molecule has 150 valence electrons. The van der Waals surface area contributed by atoms with E-state index in [-0.39, 0.29) is 5.91 Å². The van der Waals surface area contributed by atoms with Crippen LogP contribution >= 0.6 is 0 Å². The van der Waals surface area contributed by atoms with Gasteiger partial charge in [-0.2, -0.15) is 5.10 Å². The van der Waals surface area contributed by atoms with Gasteiger partial charge in [0.15, 0.2) is 0 Å². The van der Waals surface area contributed by atoms with Crippen LogP contribution < -0.4 is 10.1 Å². The normalized spacial score (nSPS) is 11.2. The van der Waals surface area contributed by atoms with Crippen LogP contribution in [0.4, 0.5) is 5.69 Å². The number of ether oxygens (including phenoxy) is 1. The number of pyridine rings is 1. The fourth-order valence-electron chi connectivity index (χ4n) is 2.69. The number of hydrogen-bond acceptors (Lipinski definition) is 5. The molecule has 2 aromatic heterocycles. The first-order valence-corrected chi connectivity index (χ1v) is 9.31. The molecule has 0 fully saturated rings.